The van der Waals surface area contributed by atoms with E-state index in [-0.39, 0.29) is 34.5 Å². The Balaban J connectivity index is 1.03. The SMILES string of the molecule is NC(=O)c1cnc(N2CCN(Cc3ccc4c(c3)CN(C3CCC(=O)NC3=O)C4S)CC2)c(-c2ccn(-c3ccc(OC(F)(F)Cl)cc3)n2)c1. The number of nitrogens with one attached hydrogen (secondary N) is 1. The molecule has 2 aromatic heterocycles. The van der Waals surface area contributed by atoms with Gasteiger partial charge in [0.2, 0.25) is 17.7 Å². The van der Waals surface area contributed by atoms with Gasteiger partial charge in [-0.05, 0) is 59.5 Å². The summed E-state index contributed by atoms with van der Waals surface area (Å²) in [4.78, 5) is 47.5. The van der Waals surface area contributed by atoms with Crippen molar-refractivity contribution in [3.05, 3.63) is 89.2 Å². The van der Waals surface area contributed by atoms with Crippen LogP contribution in [0, 0.1) is 0 Å². The molecule has 2 unspecified atom stereocenters. The Bertz CT molecular complexity index is 1950. The molecule has 2 fully saturated rings. The van der Waals surface area contributed by atoms with Gasteiger partial charge in [0.05, 0.1) is 28.4 Å². The van der Waals surface area contributed by atoms with Gasteiger partial charge in [-0.15, -0.1) is 8.78 Å². The summed E-state index contributed by atoms with van der Waals surface area (Å²) in [5.41, 5.74) is 7.18. The van der Waals surface area contributed by atoms with Gasteiger partial charge in [-0.2, -0.15) is 17.7 Å². The van der Waals surface area contributed by atoms with Crippen LogP contribution in [0.3, 0.4) is 0 Å². The molecule has 3 N–H and O–H groups in total. The zero-order chi connectivity index (χ0) is 35.2. The lowest BCUT2D eigenvalue weighted by Crippen LogP contribution is -2.51. The number of rotatable bonds is 9. The summed E-state index contributed by atoms with van der Waals surface area (Å²) >= 11 is 9.68. The van der Waals surface area contributed by atoms with Crippen LogP contribution < -0.4 is 20.7 Å². The molecule has 2 atom stereocenters. The fourth-order valence-electron chi connectivity index (χ4n) is 6.71. The van der Waals surface area contributed by atoms with Crippen LogP contribution in [-0.4, -0.2) is 80.1 Å². The van der Waals surface area contributed by atoms with Gasteiger partial charge in [0.15, 0.2) is 0 Å². The summed E-state index contributed by atoms with van der Waals surface area (Å²) in [5.74, 6) is -0.538. The third-order valence-corrected chi connectivity index (χ3v) is 9.84. The number of alkyl halides is 3. The van der Waals surface area contributed by atoms with E-state index in [0.717, 1.165) is 36.3 Å². The molecule has 3 amide bonds. The van der Waals surface area contributed by atoms with Gasteiger partial charge in [0, 0.05) is 75.2 Å². The Labute approximate surface area is 296 Å². The molecule has 2 aromatic carbocycles. The number of imide groups is 1. The van der Waals surface area contributed by atoms with Crippen molar-refractivity contribution in [2.45, 2.75) is 42.9 Å². The number of ether oxygens (including phenoxy) is 1. The highest BCUT2D eigenvalue weighted by Crippen LogP contribution is 2.40. The topological polar surface area (TPSA) is 139 Å². The van der Waals surface area contributed by atoms with E-state index in [1.165, 1.54) is 18.3 Å². The fraction of sp³-hybridized carbons (Fsp3) is 0.324. The molecule has 3 aliphatic rings. The van der Waals surface area contributed by atoms with E-state index in [2.05, 4.69) is 48.1 Å². The predicted molar refractivity (Wildman–Crippen MR) is 184 cm³/mol. The number of carbonyl (C=O) groups excluding carboxylic acids is 3. The number of benzene rings is 2. The minimum Gasteiger partial charge on any atom is -0.420 e. The number of hydrogen-bond donors (Lipinski definition) is 3. The second-order valence-corrected chi connectivity index (χ2v) is 13.4. The van der Waals surface area contributed by atoms with Crippen molar-refractivity contribution in [1.29, 1.82) is 0 Å². The van der Waals surface area contributed by atoms with Crippen molar-refractivity contribution in [2.24, 2.45) is 5.73 Å². The molecule has 4 aromatic rings. The number of fused-ring (bicyclic) bond motifs is 1. The first-order valence-electron chi connectivity index (χ1n) is 16.0. The number of anilines is 1. The number of hydrogen-bond acceptors (Lipinski definition) is 10. The summed E-state index contributed by atoms with van der Waals surface area (Å²) in [6.45, 7) is 4.21. The average Bonchev–Trinajstić information content (AvgIpc) is 3.69. The maximum absolute atomic E-state index is 13.0. The number of nitrogens with zero attached hydrogens (tertiary/aromatic N) is 6. The Hall–Kier alpha value is -4.57. The Morgan fingerprint density at radius 3 is 2.54 bits per heavy atom. The van der Waals surface area contributed by atoms with Crippen molar-refractivity contribution in [3.63, 3.8) is 0 Å². The largest absolute Gasteiger partial charge is 0.487 e. The van der Waals surface area contributed by atoms with E-state index in [0.29, 0.717) is 55.2 Å². The van der Waals surface area contributed by atoms with Gasteiger partial charge in [0.25, 0.3) is 0 Å². The van der Waals surface area contributed by atoms with Crippen LogP contribution in [0.4, 0.5) is 14.6 Å². The zero-order valence-electron chi connectivity index (χ0n) is 26.6. The number of thiol groups is 1. The van der Waals surface area contributed by atoms with Crippen molar-refractivity contribution in [2.75, 3.05) is 31.1 Å². The van der Waals surface area contributed by atoms with Gasteiger partial charge in [-0.3, -0.25) is 29.5 Å². The third-order valence-electron chi connectivity index (χ3n) is 9.19. The van der Waals surface area contributed by atoms with Gasteiger partial charge in [0.1, 0.15) is 11.6 Å². The molecular weight excluding hydrogens is 690 g/mol. The van der Waals surface area contributed by atoms with Gasteiger partial charge in [-0.25, -0.2) is 9.67 Å². The smallest absolute Gasteiger partial charge is 0.420 e. The van der Waals surface area contributed by atoms with E-state index in [4.69, 9.17) is 30.0 Å². The first-order chi connectivity index (χ1) is 23.9. The second kappa shape index (κ2) is 13.6. The lowest BCUT2D eigenvalue weighted by molar-refractivity contribution is -0.137. The van der Waals surface area contributed by atoms with E-state index in [1.807, 2.05) is 4.90 Å². The number of primary amides is 1. The van der Waals surface area contributed by atoms with Crippen LogP contribution in [0.1, 0.15) is 45.3 Å². The predicted octanol–water partition coefficient (Wildman–Crippen LogP) is 4.07. The molecule has 260 valence electrons. The molecule has 50 heavy (non-hydrogen) atoms. The summed E-state index contributed by atoms with van der Waals surface area (Å²) in [7, 11) is 0. The molecule has 0 spiro atoms. The Morgan fingerprint density at radius 2 is 1.84 bits per heavy atom. The van der Waals surface area contributed by atoms with Crippen molar-refractivity contribution >= 4 is 47.8 Å². The van der Waals surface area contributed by atoms with E-state index in [1.54, 1.807) is 35.1 Å². The fourth-order valence-corrected chi connectivity index (χ4v) is 7.29. The van der Waals surface area contributed by atoms with Crippen LogP contribution in [0.15, 0.2) is 67.0 Å². The van der Waals surface area contributed by atoms with Crippen molar-refractivity contribution in [3.8, 4) is 22.7 Å². The summed E-state index contributed by atoms with van der Waals surface area (Å²) < 4.78 is 32.0. The standard InChI is InChI=1S/C34H33ClF2N8O4S/c35-34(36,37)49-24-4-2-23(3-5-24)45-10-9-27(41-45)26-16-21(30(38)47)17-39-31(26)43-13-11-42(12-14-43)18-20-1-6-25-22(15-20)19-44(33(25)50)28-7-8-29(46)40-32(28)48/h1-6,9-10,15-17,28,33,50H,7-8,11-14,18-19H2,(H2,38,47)(H,40,46,48). The number of halogens is 3. The Morgan fingerprint density at radius 1 is 1.08 bits per heavy atom. The molecule has 3 aliphatic heterocycles. The van der Waals surface area contributed by atoms with Crippen LogP contribution >= 0.6 is 24.2 Å². The van der Waals surface area contributed by atoms with E-state index >= 15 is 0 Å². The first-order valence-corrected chi connectivity index (χ1v) is 16.9. The number of pyridine rings is 1. The zero-order valence-corrected chi connectivity index (χ0v) is 28.3. The average molecular weight is 723 g/mol. The quantitative estimate of drug-likeness (QED) is 0.133. The summed E-state index contributed by atoms with van der Waals surface area (Å²) in [6.07, 6.45) is 4.00. The molecule has 0 aliphatic carbocycles. The number of nitrogens with two attached hydrogens (primary N) is 1. The monoisotopic (exact) mass is 722 g/mol. The molecule has 2 saturated heterocycles. The number of aromatic nitrogens is 3. The molecule has 7 rings (SSSR count). The number of piperazine rings is 1. The maximum atomic E-state index is 13.0. The highest BCUT2D eigenvalue weighted by molar-refractivity contribution is 7.80. The second-order valence-electron chi connectivity index (χ2n) is 12.5. The minimum absolute atomic E-state index is 0.0974. The van der Waals surface area contributed by atoms with Crippen LogP contribution in [0.25, 0.3) is 16.9 Å². The normalized spacial score (nSPS) is 20.1. The molecule has 16 heteroatoms. The number of carbonyl (C=O) groups is 3. The van der Waals surface area contributed by atoms with E-state index in [9.17, 15) is 23.2 Å². The molecule has 12 nitrogen and oxygen atoms in total. The maximum Gasteiger partial charge on any atom is 0.487 e. The molecular formula is C34H33ClF2N8O4S. The highest BCUT2D eigenvalue weighted by atomic mass is 35.5. The van der Waals surface area contributed by atoms with Crippen molar-refractivity contribution in [1.82, 2.24) is 29.9 Å². The molecule has 0 saturated carbocycles. The molecule has 0 bridgehead atoms. The summed E-state index contributed by atoms with van der Waals surface area (Å²) in [6, 6.07) is 15.3. The van der Waals surface area contributed by atoms with Crippen LogP contribution in [-0.2, 0) is 22.7 Å². The first kappa shape index (κ1) is 33.9. The van der Waals surface area contributed by atoms with Gasteiger partial charge >= 0.3 is 5.57 Å². The summed E-state index contributed by atoms with van der Waals surface area (Å²) in [5, 5.41) is 6.92. The minimum atomic E-state index is -3.82. The molecule has 0 radical (unpaired) electrons. The van der Waals surface area contributed by atoms with E-state index < -0.39 is 11.5 Å². The third kappa shape index (κ3) is 7.17. The lowest BCUT2D eigenvalue weighted by Gasteiger charge is -2.36. The van der Waals surface area contributed by atoms with Gasteiger partial charge in [-0.1, -0.05) is 18.2 Å². The van der Waals surface area contributed by atoms with Crippen LogP contribution in [0.2, 0.25) is 0 Å². The Kier molecular flexibility index (Phi) is 9.24. The van der Waals surface area contributed by atoms with Crippen molar-refractivity contribution < 1.29 is 27.9 Å². The highest BCUT2D eigenvalue weighted by Gasteiger charge is 2.39. The molecule has 5 heterocycles. The van der Waals surface area contributed by atoms with Gasteiger partial charge < -0.3 is 15.4 Å². The number of piperidine rings is 1. The van der Waals surface area contributed by atoms with Crippen LogP contribution in [0.5, 0.6) is 5.75 Å². The lowest BCUT2D eigenvalue weighted by atomic mass is 10.0. The number of amides is 3.